The Hall–Kier alpha value is -1.41. The zero-order valence-electron chi connectivity index (χ0n) is 10.6. The van der Waals surface area contributed by atoms with Crippen LogP contribution in [0.2, 0.25) is 0 Å². The summed E-state index contributed by atoms with van der Waals surface area (Å²) in [5.74, 6) is 1.01. The monoisotopic (exact) mass is 273 g/mol. The number of rotatable bonds is 7. The van der Waals surface area contributed by atoms with Crippen LogP contribution >= 0.6 is 0 Å². The zero-order chi connectivity index (χ0) is 13.6. The lowest BCUT2D eigenvalue weighted by molar-refractivity contribution is 0.584. The Morgan fingerprint density at radius 3 is 2.67 bits per heavy atom. The van der Waals surface area contributed by atoms with E-state index in [4.69, 9.17) is 5.73 Å². The van der Waals surface area contributed by atoms with Gasteiger partial charge in [-0.2, -0.15) is 0 Å². The lowest BCUT2D eigenvalue weighted by Crippen LogP contribution is -2.29. The van der Waals surface area contributed by atoms with Crippen molar-refractivity contribution < 1.29 is 8.42 Å². The number of nitrogens with zero attached hydrogens (tertiary/aromatic N) is 2. The third kappa shape index (κ3) is 4.11. The van der Waals surface area contributed by atoms with Gasteiger partial charge in [0.1, 0.15) is 18.0 Å². The van der Waals surface area contributed by atoms with E-state index in [2.05, 4.69) is 20.0 Å². The highest BCUT2D eigenvalue weighted by atomic mass is 32.2. The van der Waals surface area contributed by atoms with E-state index >= 15 is 0 Å². The van der Waals surface area contributed by atoms with Gasteiger partial charge < -0.3 is 11.1 Å². The number of nitrogen functional groups attached to an aromatic ring is 1. The summed E-state index contributed by atoms with van der Waals surface area (Å²) < 4.78 is 25.3. The Morgan fingerprint density at radius 1 is 1.33 bits per heavy atom. The van der Waals surface area contributed by atoms with Crippen LogP contribution in [0.5, 0.6) is 0 Å². The van der Waals surface area contributed by atoms with Crippen LogP contribution in [0.25, 0.3) is 0 Å². The highest BCUT2D eigenvalue weighted by molar-refractivity contribution is 7.89. The largest absolute Gasteiger partial charge is 0.383 e. The van der Waals surface area contributed by atoms with Gasteiger partial charge in [-0.15, -0.1) is 0 Å². The van der Waals surface area contributed by atoms with Crippen molar-refractivity contribution in [3.8, 4) is 0 Å². The van der Waals surface area contributed by atoms with Gasteiger partial charge in [0, 0.05) is 18.7 Å². The lowest BCUT2D eigenvalue weighted by atomic mass is 10.2. The summed E-state index contributed by atoms with van der Waals surface area (Å²) in [6.07, 6.45) is 2.05. The Kier molecular flexibility index (Phi) is 5.29. The quantitative estimate of drug-likeness (QED) is 0.643. The first-order chi connectivity index (χ1) is 8.50. The predicted molar refractivity (Wildman–Crippen MR) is 71.8 cm³/mol. The standard InChI is InChI=1S/C10H19N5O2S/c1-3-8-9(11)13-7-14-10(8)12-5-6-18(16,17)15-4-2/h7,15H,3-6H2,1-2H3,(H3,11,12,13,14). The van der Waals surface area contributed by atoms with Crippen molar-refractivity contribution in [2.45, 2.75) is 20.3 Å². The summed E-state index contributed by atoms with van der Waals surface area (Å²) >= 11 is 0. The molecule has 0 spiro atoms. The van der Waals surface area contributed by atoms with Gasteiger partial charge in [0.15, 0.2) is 0 Å². The molecular formula is C10H19N5O2S. The van der Waals surface area contributed by atoms with E-state index in [0.717, 1.165) is 5.56 Å². The molecule has 18 heavy (non-hydrogen) atoms. The fraction of sp³-hybridized carbons (Fsp3) is 0.600. The summed E-state index contributed by atoms with van der Waals surface area (Å²) in [6, 6.07) is 0. The topological polar surface area (TPSA) is 110 Å². The van der Waals surface area contributed by atoms with Gasteiger partial charge in [-0.1, -0.05) is 13.8 Å². The Morgan fingerprint density at radius 2 is 2.06 bits per heavy atom. The van der Waals surface area contributed by atoms with E-state index in [1.807, 2.05) is 6.92 Å². The van der Waals surface area contributed by atoms with E-state index < -0.39 is 10.0 Å². The van der Waals surface area contributed by atoms with Crippen LogP contribution in [-0.2, 0) is 16.4 Å². The van der Waals surface area contributed by atoms with Gasteiger partial charge in [-0.05, 0) is 6.42 Å². The van der Waals surface area contributed by atoms with Crippen molar-refractivity contribution in [2.24, 2.45) is 0 Å². The van der Waals surface area contributed by atoms with Crippen molar-refractivity contribution in [3.05, 3.63) is 11.9 Å². The lowest BCUT2D eigenvalue weighted by Gasteiger charge is -2.11. The van der Waals surface area contributed by atoms with Crippen LogP contribution in [-0.4, -0.2) is 37.2 Å². The summed E-state index contributed by atoms with van der Waals surface area (Å²) in [5.41, 5.74) is 6.52. The van der Waals surface area contributed by atoms with Crippen LogP contribution in [0.3, 0.4) is 0 Å². The number of nitrogens with two attached hydrogens (primary N) is 1. The number of hydrogen-bond acceptors (Lipinski definition) is 6. The van der Waals surface area contributed by atoms with Gasteiger partial charge >= 0.3 is 0 Å². The highest BCUT2D eigenvalue weighted by Crippen LogP contribution is 2.16. The maximum absolute atomic E-state index is 11.4. The minimum absolute atomic E-state index is 0.00605. The molecule has 0 saturated carbocycles. The molecule has 0 aliphatic carbocycles. The summed E-state index contributed by atoms with van der Waals surface area (Å²) in [6.45, 7) is 4.35. The predicted octanol–water partition coefficient (Wildman–Crippen LogP) is -0.0276. The zero-order valence-corrected chi connectivity index (χ0v) is 11.4. The second-order valence-electron chi connectivity index (χ2n) is 3.68. The van der Waals surface area contributed by atoms with E-state index in [1.54, 1.807) is 6.92 Å². The van der Waals surface area contributed by atoms with Crippen LogP contribution in [0, 0.1) is 0 Å². The molecule has 1 heterocycles. The molecule has 0 saturated heterocycles. The fourth-order valence-corrected chi connectivity index (χ4v) is 2.48. The van der Waals surface area contributed by atoms with E-state index in [0.29, 0.717) is 24.6 Å². The first-order valence-electron chi connectivity index (χ1n) is 5.80. The number of sulfonamides is 1. The van der Waals surface area contributed by atoms with Crippen molar-refractivity contribution in [1.29, 1.82) is 0 Å². The number of anilines is 2. The van der Waals surface area contributed by atoms with Gasteiger partial charge in [0.2, 0.25) is 10.0 Å². The van der Waals surface area contributed by atoms with E-state index in [1.165, 1.54) is 6.33 Å². The first-order valence-corrected chi connectivity index (χ1v) is 7.46. The molecule has 1 aromatic heterocycles. The van der Waals surface area contributed by atoms with Crippen LogP contribution in [0.4, 0.5) is 11.6 Å². The van der Waals surface area contributed by atoms with Gasteiger partial charge in [0.25, 0.3) is 0 Å². The molecule has 7 nitrogen and oxygen atoms in total. The highest BCUT2D eigenvalue weighted by Gasteiger charge is 2.10. The smallest absolute Gasteiger partial charge is 0.213 e. The SMILES string of the molecule is CCNS(=O)(=O)CCNc1ncnc(N)c1CC. The molecule has 0 unspecified atom stereocenters. The van der Waals surface area contributed by atoms with Crippen LogP contribution in [0.1, 0.15) is 19.4 Å². The second kappa shape index (κ2) is 6.50. The fourth-order valence-electron chi connectivity index (χ4n) is 1.52. The van der Waals surface area contributed by atoms with E-state index in [9.17, 15) is 8.42 Å². The van der Waals surface area contributed by atoms with Crippen molar-refractivity contribution in [2.75, 3.05) is 29.9 Å². The molecule has 0 fully saturated rings. The Balaban J connectivity index is 2.62. The average Bonchev–Trinajstić information content (AvgIpc) is 2.29. The third-order valence-corrected chi connectivity index (χ3v) is 3.83. The Bertz CT molecular complexity index is 489. The van der Waals surface area contributed by atoms with Gasteiger partial charge in [0.05, 0.1) is 5.75 Å². The van der Waals surface area contributed by atoms with Gasteiger partial charge in [-0.25, -0.2) is 23.1 Å². The molecule has 0 atom stereocenters. The molecule has 1 aromatic rings. The summed E-state index contributed by atoms with van der Waals surface area (Å²) in [4.78, 5) is 7.95. The van der Waals surface area contributed by atoms with Crippen molar-refractivity contribution in [1.82, 2.24) is 14.7 Å². The van der Waals surface area contributed by atoms with Crippen LogP contribution < -0.4 is 15.8 Å². The van der Waals surface area contributed by atoms with Gasteiger partial charge in [-0.3, -0.25) is 0 Å². The molecule has 0 radical (unpaired) electrons. The average molecular weight is 273 g/mol. The minimum atomic E-state index is -3.22. The molecule has 0 aliphatic heterocycles. The molecule has 8 heteroatoms. The summed E-state index contributed by atoms with van der Waals surface area (Å²) in [5, 5.41) is 2.97. The van der Waals surface area contributed by atoms with E-state index in [-0.39, 0.29) is 12.3 Å². The molecule has 4 N–H and O–H groups in total. The molecule has 0 bridgehead atoms. The number of nitrogens with one attached hydrogen (secondary N) is 2. The van der Waals surface area contributed by atoms with Crippen LogP contribution in [0.15, 0.2) is 6.33 Å². The molecule has 0 aromatic carbocycles. The molecular weight excluding hydrogens is 254 g/mol. The number of hydrogen-bond donors (Lipinski definition) is 3. The molecule has 1 rings (SSSR count). The number of aromatic nitrogens is 2. The molecule has 102 valence electrons. The Labute approximate surface area is 107 Å². The minimum Gasteiger partial charge on any atom is -0.383 e. The van der Waals surface area contributed by atoms with Crippen molar-refractivity contribution in [3.63, 3.8) is 0 Å². The first kappa shape index (κ1) is 14.7. The third-order valence-electron chi connectivity index (χ3n) is 2.36. The molecule has 0 amide bonds. The normalized spacial score (nSPS) is 11.4. The second-order valence-corrected chi connectivity index (χ2v) is 5.61. The maximum Gasteiger partial charge on any atom is 0.213 e. The maximum atomic E-state index is 11.4. The summed E-state index contributed by atoms with van der Waals surface area (Å²) in [7, 11) is -3.22. The molecule has 0 aliphatic rings. The van der Waals surface area contributed by atoms with Crippen molar-refractivity contribution >= 4 is 21.7 Å².